The lowest BCUT2D eigenvalue weighted by Gasteiger charge is -2.33. The number of benzene rings is 1. The Morgan fingerprint density at radius 1 is 1.33 bits per heavy atom. The van der Waals surface area contributed by atoms with Gasteiger partial charge in [0.2, 0.25) is 0 Å². The summed E-state index contributed by atoms with van der Waals surface area (Å²) >= 11 is 3.13. The lowest BCUT2D eigenvalue weighted by molar-refractivity contribution is -0.0779. The van der Waals surface area contributed by atoms with E-state index in [9.17, 15) is 8.78 Å². The van der Waals surface area contributed by atoms with Gasteiger partial charge in [0.15, 0.2) is 11.6 Å². The Morgan fingerprint density at radius 3 is 2.43 bits per heavy atom. The van der Waals surface area contributed by atoms with Crippen LogP contribution < -0.4 is 11.3 Å². The zero-order chi connectivity index (χ0) is 16.0. The van der Waals surface area contributed by atoms with Crippen molar-refractivity contribution in [2.75, 3.05) is 0 Å². The summed E-state index contributed by atoms with van der Waals surface area (Å²) in [5.74, 6) is 3.95. The fourth-order valence-corrected chi connectivity index (χ4v) is 3.90. The fourth-order valence-electron chi connectivity index (χ4n) is 3.33. The molecule has 0 amide bonds. The van der Waals surface area contributed by atoms with Crippen molar-refractivity contribution < 1.29 is 13.5 Å². The monoisotopic (exact) mass is 362 g/mol. The van der Waals surface area contributed by atoms with Gasteiger partial charge in [0, 0.05) is 5.92 Å². The molecule has 2 rings (SSSR count). The van der Waals surface area contributed by atoms with E-state index in [2.05, 4.69) is 21.4 Å². The lowest BCUT2D eigenvalue weighted by Crippen LogP contribution is -2.41. The van der Waals surface area contributed by atoms with E-state index in [4.69, 9.17) is 10.6 Å². The Labute approximate surface area is 132 Å². The molecule has 2 unspecified atom stereocenters. The quantitative estimate of drug-likeness (QED) is 0.488. The maximum absolute atomic E-state index is 13.8. The first-order valence-corrected chi connectivity index (χ1v) is 7.68. The molecule has 0 aromatic heterocycles. The summed E-state index contributed by atoms with van der Waals surface area (Å²) in [4.78, 5) is 0. The molecule has 1 aromatic rings. The number of nitrogens with one attached hydrogen (secondary N) is 1. The van der Waals surface area contributed by atoms with E-state index in [1.54, 1.807) is 6.07 Å². The molecule has 1 fully saturated rings. The maximum Gasteiger partial charge on any atom is 0.173 e. The van der Waals surface area contributed by atoms with Crippen LogP contribution in [0.15, 0.2) is 16.6 Å². The molecular weight excluding hydrogens is 342 g/mol. The Morgan fingerprint density at radius 2 is 1.95 bits per heavy atom. The van der Waals surface area contributed by atoms with Gasteiger partial charge in [-0.3, -0.25) is 11.3 Å². The summed E-state index contributed by atoms with van der Waals surface area (Å²) < 4.78 is 33.3. The van der Waals surface area contributed by atoms with Crippen LogP contribution in [0.25, 0.3) is 0 Å². The van der Waals surface area contributed by atoms with Gasteiger partial charge in [0.25, 0.3) is 0 Å². The van der Waals surface area contributed by atoms with E-state index >= 15 is 0 Å². The number of hydrazine groups is 1. The molecule has 0 aliphatic carbocycles. The number of nitrogens with two attached hydrogens (primary N) is 1. The zero-order valence-electron chi connectivity index (χ0n) is 12.6. The molecule has 1 aliphatic heterocycles. The van der Waals surface area contributed by atoms with Gasteiger partial charge in [-0.25, -0.2) is 8.78 Å². The third kappa shape index (κ3) is 3.13. The molecule has 1 saturated heterocycles. The highest BCUT2D eigenvalue weighted by atomic mass is 79.9. The molecule has 0 saturated carbocycles. The van der Waals surface area contributed by atoms with Gasteiger partial charge in [-0.1, -0.05) is 6.07 Å². The molecule has 1 aliphatic rings. The zero-order valence-corrected chi connectivity index (χ0v) is 14.2. The molecule has 3 N–H and O–H groups in total. The average Bonchev–Trinajstić information content (AvgIpc) is 2.58. The molecule has 6 heteroatoms. The minimum atomic E-state index is -0.899. The number of halogens is 3. The highest BCUT2D eigenvalue weighted by Gasteiger charge is 2.49. The van der Waals surface area contributed by atoms with Gasteiger partial charge < -0.3 is 4.74 Å². The maximum atomic E-state index is 13.8. The van der Waals surface area contributed by atoms with Crippen molar-refractivity contribution in [1.82, 2.24) is 5.43 Å². The highest BCUT2D eigenvalue weighted by Crippen LogP contribution is 2.48. The van der Waals surface area contributed by atoms with Crippen LogP contribution in [0.2, 0.25) is 0 Å². The molecule has 1 aromatic carbocycles. The van der Waals surface area contributed by atoms with E-state index in [0.29, 0.717) is 5.56 Å². The minimum absolute atomic E-state index is 0.0265. The van der Waals surface area contributed by atoms with Gasteiger partial charge in [0.1, 0.15) is 0 Å². The minimum Gasteiger partial charge on any atom is -0.369 e. The summed E-state index contributed by atoms with van der Waals surface area (Å²) in [5.41, 5.74) is 2.63. The predicted molar refractivity (Wildman–Crippen MR) is 81.5 cm³/mol. The Kier molecular flexibility index (Phi) is 4.46. The highest BCUT2D eigenvalue weighted by molar-refractivity contribution is 9.10. The number of rotatable bonds is 3. The van der Waals surface area contributed by atoms with Crippen molar-refractivity contribution >= 4 is 15.9 Å². The first kappa shape index (κ1) is 16.8. The summed E-state index contributed by atoms with van der Waals surface area (Å²) in [7, 11) is 0. The normalized spacial score (nSPS) is 25.0. The predicted octanol–water partition coefficient (Wildman–Crippen LogP) is 3.83. The molecule has 0 spiro atoms. The third-order valence-electron chi connectivity index (χ3n) is 4.13. The van der Waals surface area contributed by atoms with Crippen LogP contribution >= 0.6 is 15.9 Å². The van der Waals surface area contributed by atoms with Crippen molar-refractivity contribution in [3.05, 3.63) is 33.8 Å². The molecule has 0 radical (unpaired) electrons. The number of hydrogen-bond acceptors (Lipinski definition) is 3. The van der Waals surface area contributed by atoms with Crippen LogP contribution in [0, 0.1) is 17.6 Å². The van der Waals surface area contributed by atoms with Gasteiger partial charge in [0.05, 0.1) is 21.7 Å². The summed E-state index contributed by atoms with van der Waals surface area (Å²) in [6, 6.07) is 2.33. The van der Waals surface area contributed by atoms with Gasteiger partial charge in [-0.2, -0.15) is 0 Å². The van der Waals surface area contributed by atoms with E-state index in [-0.39, 0.29) is 22.0 Å². The van der Waals surface area contributed by atoms with Crippen LogP contribution in [0.4, 0.5) is 8.78 Å². The van der Waals surface area contributed by atoms with Crippen LogP contribution in [0.1, 0.15) is 45.7 Å². The standard InChI is InChI=1S/C15H21BrF2N2O/c1-14(2)7-9(15(3,4)21-14)13(20-19)8-5-6-10(17)12(18)11(8)16/h5-6,9,13,20H,7,19H2,1-4H3. The van der Waals surface area contributed by atoms with E-state index in [0.717, 1.165) is 12.5 Å². The van der Waals surface area contributed by atoms with Crippen molar-refractivity contribution in [3.63, 3.8) is 0 Å². The molecule has 118 valence electrons. The summed E-state index contributed by atoms with van der Waals surface area (Å²) in [6.45, 7) is 8.01. The first-order valence-electron chi connectivity index (χ1n) is 6.89. The smallest absolute Gasteiger partial charge is 0.173 e. The van der Waals surface area contributed by atoms with Crippen molar-refractivity contribution in [3.8, 4) is 0 Å². The van der Waals surface area contributed by atoms with Gasteiger partial charge >= 0.3 is 0 Å². The Hall–Kier alpha value is -0.560. The fraction of sp³-hybridized carbons (Fsp3) is 0.600. The van der Waals surface area contributed by atoms with Crippen molar-refractivity contribution in [2.45, 2.75) is 51.4 Å². The number of hydrogen-bond donors (Lipinski definition) is 2. The van der Waals surface area contributed by atoms with E-state index in [1.165, 1.54) is 0 Å². The molecule has 2 atom stereocenters. The van der Waals surface area contributed by atoms with Crippen LogP contribution in [-0.2, 0) is 4.74 Å². The topological polar surface area (TPSA) is 47.3 Å². The molecule has 21 heavy (non-hydrogen) atoms. The second-order valence-corrected chi connectivity index (χ2v) is 7.48. The van der Waals surface area contributed by atoms with Gasteiger partial charge in [-0.05, 0) is 61.7 Å². The number of ether oxygens (including phenoxy) is 1. The second-order valence-electron chi connectivity index (χ2n) is 6.68. The Balaban J connectivity index is 2.44. The largest absolute Gasteiger partial charge is 0.369 e. The molecule has 0 bridgehead atoms. The van der Waals surface area contributed by atoms with Crippen LogP contribution in [-0.4, -0.2) is 11.2 Å². The van der Waals surface area contributed by atoms with E-state index in [1.807, 2.05) is 27.7 Å². The van der Waals surface area contributed by atoms with E-state index < -0.39 is 17.2 Å². The molecule has 1 heterocycles. The molecular formula is C15H21BrF2N2O. The SMILES string of the molecule is CC1(C)CC(C(NN)c2ccc(F)c(F)c2Br)C(C)(C)O1. The first-order chi connectivity index (χ1) is 9.59. The lowest BCUT2D eigenvalue weighted by atomic mass is 9.79. The van der Waals surface area contributed by atoms with Crippen molar-refractivity contribution in [2.24, 2.45) is 11.8 Å². The van der Waals surface area contributed by atoms with Crippen molar-refractivity contribution in [1.29, 1.82) is 0 Å². The second kappa shape index (κ2) is 5.57. The summed E-state index contributed by atoms with van der Waals surface area (Å²) in [5, 5.41) is 0. The molecule has 3 nitrogen and oxygen atoms in total. The average molecular weight is 363 g/mol. The van der Waals surface area contributed by atoms with Crippen LogP contribution in [0.5, 0.6) is 0 Å². The Bertz CT molecular complexity index is 549. The van der Waals surface area contributed by atoms with Crippen LogP contribution in [0.3, 0.4) is 0 Å². The van der Waals surface area contributed by atoms with Gasteiger partial charge in [-0.15, -0.1) is 0 Å². The third-order valence-corrected chi connectivity index (χ3v) is 4.93. The summed E-state index contributed by atoms with van der Waals surface area (Å²) in [6.07, 6.45) is 0.764.